The third-order valence-electron chi connectivity index (χ3n) is 4.57. The van der Waals surface area contributed by atoms with E-state index in [2.05, 4.69) is 91.0 Å². The molecule has 0 aliphatic carbocycles. The standard InChI is InChI=1S/C24H18O.Al.2H/c25-24-22(19-12-6-2-7-13-19)16-21(18-10-4-1-5-11-18)17-23(24)20-14-8-3-9-15-20;;;/h1-17,25H;;;/q;+1;;/p-1. The fourth-order valence-electron chi connectivity index (χ4n) is 3.31. The van der Waals surface area contributed by atoms with Gasteiger partial charge in [-0.25, -0.2) is 0 Å². The molecule has 0 aromatic heterocycles. The summed E-state index contributed by atoms with van der Waals surface area (Å²) >= 11 is 0.644. The molecule has 4 aromatic carbocycles. The Morgan fingerprint density at radius 1 is 0.462 bits per heavy atom. The van der Waals surface area contributed by atoms with E-state index < -0.39 is 0 Å². The van der Waals surface area contributed by atoms with E-state index in [-0.39, 0.29) is 0 Å². The third-order valence-corrected chi connectivity index (χ3v) is 4.98. The van der Waals surface area contributed by atoms with Crippen LogP contribution < -0.4 is 3.79 Å². The van der Waals surface area contributed by atoms with Crippen molar-refractivity contribution in [3.8, 4) is 39.1 Å². The third kappa shape index (κ3) is 3.30. The Labute approximate surface area is 162 Å². The highest BCUT2D eigenvalue weighted by Gasteiger charge is 2.14. The van der Waals surface area contributed by atoms with Gasteiger partial charge in [0.15, 0.2) is 0 Å². The Hall–Kier alpha value is -2.79. The molecule has 0 amide bonds. The highest BCUT2D eigenvalue weighted by molar-refractivity contribution is 6.02. The molecule has 0 N–H and O–H groups in total. The van der Waals surface area contributed by atoms with E-state index >= 15 is 0 Å². The fraction of sp³-hybridized carbons (Fsp3) is 0. The minimum atomic E-state index is 0.644. The van der Waals surface area contributed by atoms with Gasteiger partial charge in [0.25, 0.3) is 0 Å². The normalized spacial score (nSPS) is 10.5. The number of benzene rings is 4. The molecule has 4 rings (SSSR count). The maximum atomic E-state index is 6.02. The summed E-state index contributed by atoms with van der Waals surface area (Å²) in [6.07, 6.45) is 0. The van der Waals surface area contributed by atoms with Gasteiger partial charge in [-0.1, -0.05) is 91.0 Å². The molecule has 0 aliphatic heterocycles. The zero-order valence-electron chi connectivity index (χ0n) is 14.7. The zero-order valence-corrected chi connectivity index (χ0v) is 16.7. The van der Waals surface area contributed by atoms with Crippen LogP contribution in [0, 0.1) is 0 Å². The van der Waals surface area contributed by atoms with Gasteiger partial charge in [0, 0.05) is 11.1 Å². The first kappa shape index (κ1) is 16.7. The van der Waals surface area contributed by atoms with Gasteiger partial charge in [-0.05, 0) is 34.4 Å². The summed E-state index contributed by atoms with van der Waals surface area (Å²) in [5, 5.41) is 0. The van der Waals surface area contributed by atoms with Crippen LogP contribution in [0.5, 0.6) is 5.75 Å². The van der Waals surface area contributed by atoms with Crippen molar-refractivity contribution in [2.75, 3.05) is 0 Å². The molecule has 2 heteroatoms. The molecule has 0 saturated carbocycles. The first-order chi connectivity index (χ1) is 12.9. The van der Waals surface area contributed by atoms with Crippen LogP contribution in [0.2, 0.25) is 0 Å². The molecular weight excluding hydrogens is 331 g/mol. The molecule has 26 heavy (non-hydrogen) atoms. The average molecular weight is 350 g/mol. The summed E-state index contributed by atoms with van der Waals surface area (Å²) in [6, 6.07) is 35.9. The molecule has 0 saturated heterocycles. The molecule has 0 aliphatic rings. The van der Waals surface area contributed by atoms with Gasteiger partial charge in [-0.3, -0.25) is 0 Å². The van der Waals surface area contributed by atoms with Crippen molar-refractivity contribution < 1.29 is 3.79 Å². The lowest BCUT2D eigenvalue weighted by molar-refractivity contribution is 0.621. The molecule has 0 unspecified atom stereocenters. The van der Waals surface area contributed by atoms with E-state index in [4.69, 9.17) is 3.79 Å². The van der Waals surface area contributed by atoms with Crippen molar-refractivity contribution >= 4 is 16.6 Å². The van der Waals surface area contributed by atoms with Crippen molar-refractivity contribution in [1.82, 2.24) is 0 Å². The highest BCUT2D eigenvalue weighted by Crippen LogP contribution is 2.42. The molecule has 0 fully saturated rings. The van der Waals surface area contributed by atoms with Crippen LogP contribution in [-0.4, -0.2) is 16.6 Å². The summed E-state index contributed by atoms with van der Waals surface area (Å²) in [4.78, 5) is 0. The van der Waals surface area contributed by atoms with Crippen LogP contribution in [0.1, 0.15) is 0 Å². The Balaban J connectivity index is 2.01. The van der Waals surface area contributed by atoms with E-state index in [1.165, 1.54) is 22.3 Å². The SMILES string of the molecule is [AlH2][O]c1c(-c2ccccc2)cc(-c2ccccc2)cc1-c1ccccc1. The smallest absolute Gasteiger partial charge is 0.496 e. The molecule has 0 heterocycles. The Bertz CT molecular complexity index is 936. The van der Waals surface area contributed by atoms with Gasteiger partial charge in [0.1, 0.15) is 0 Å². The van der Waals surface area contributed by atoms with Gasteiger partial charge < -0.3 is 3.79 Å². The second-order valence-corrected chi connectivity index (χ2v) is 6.61. The van der Waals surface area contributed by atoms with E-state index in [1.54, 1.807) is 0 Å². The summed E-state index contributed by atoms with van der Waals surface area (Å²) in [5.74, 6) is 0.966. The maximum absolute atomic E-state index is 6.02. The Morgan fingerprint density at radius 2 is 0.846 bits per heavy atom. The Morgan fingerprint density at radius 3 is 1.23 bits per heavy atom. The van der Waals surface area contributed by atoms with Gasteiger partial charge >= 0.3 is 16.6 Å². The first-order valence-corrected chi connectivity index (χ1v) is 9.57. The quantitative estimate of drug-likeness (QED) is 0.434. The van der Waals surface area contributed by atoms with Crippen LogP contribution in [0.15, 0.2) is 103 Å². The van der Waals surface area contributed by atoms with Crippen molar-refractivity contribution in [3.63, 3.8) is 0 Å². The van der Waals surface area contributed by atoms with Crippen LogP contribution in [-0.2, 0) is 0 Å². The summed E-state index contributed by atoms with van der Waals surface area (Å²) in [5.41, 5.74) is 7.04. The highest BCUT2D eigenvalue weighted by atomic mass is 27.1. The minimum Gasteiger partial charge on any atom is -0.647 e. The predicted octanol–water partition coefficient (Wildman–Crippen LogP) is 5.61. The van der Waals surface area contributed by atoms with Gasteiger partial charge in [0.05, 0.1) is 5.75 Å². The molecule has 0 spiro atoms. The van der Waals surface area contributed by atoms with E-state index in [1.807, 2.05) is 12.1 Å². The second-order valence-electron chi connectivity index (χ2n) is 6.20. The predicted molar refractivity (Wildman–Crippen MR) is 112 cm³/mol. The summed E-state index contributed by atoms with van der Waals surface area (Å²) in [6.45, 7) is 0. The van der Waals surface area contributed by atoms with E-state index in [9.17, 15) is 0 Å². The lowest BCUT2D eigenvalue weighted by Gasteiger charge is -2.18. The largest absolute Gasteiger partial charge is 0.647 e. The summed E-state index contributed by atoms with van der Waals surface area (Å²) < 4.78 is 6.02. The van der Waals surface area contributed by atoms with Crippen molar-refractivity contribution in [1.29, 1.82) is 0 Å². The van der Waals surface area contributed by atoms with Gasteiger partial charge in [0.2, 0.25) is 0 Å². The molecule has 0 bridgehead atoms. The minimum absolute atomic E-state index is 0.644. The lowest BCUT2D eigenvalue weighted by Crippen LogP contribution is -1.95. The van der Waals surface area contributed by atoms with Crippen LogP contribution >= 0.6 is 0 Å². The lowest BCUT2D eigenvalue weighted by atomic mass is 9.92. The first-order valence-electron chi connectivity index (χ1n) is 8.75. The summed E-state index contributed by atoms with van der Waals surface area (Å²) in [7, 11) is 0. The zero-order chi connectivity index (χ0) is 17.8. The van der Waals surface area contributed by atoms with Crippen LogP contribution in [0.3, 0.4) is 0 Å². The molecule has 4 aromatic rings. The van der Waals surface area contributed by atoms with E-state index in [0.717, 1.165) is 16.9 Å². The van der Waals surface area contributed by atoms with E-state index in [0.29, 0.717) is 16.6 Å². The molecular formula is C24H19AlO. The number of rotatable bonds is 4. The number of hydrogen-bond acceptors (Lipinski definition) is 1. The molecule has 1 nitrogen and oxygen atoms in total. The molecule has 0 atom stereocenters. The van der Waals surface area contributed by atoms with Gasteiger partial charge in [-0.2, -0.15) is 0 Å². The fourth-order valence-corrected chi connectivity index (χ4v) is 3.75. The maximum Gasteiger partial charge on any atom is 0.496 e. The second kappa shape index (κ2) is 7.62. The van der Waals surface area contributed by atoms with Gasteiger partial charge in [-0.15, -0.1) is 0 Å². The average Bonchev–Trinajstić information content (AvgIpc) is 2.74. The molecule has 124 valence electrons. The Kier molecular flexibility index (Phi) is 4.89. The monoisotopic (exact) mass is 350 g/mol. The van der Waals surface area contributed by atoms with Crippen LogP contribution in [0.25, 0.3) is 33.4 Å². The van der Waals surface area contributed by atoms with Crippen LogP contribution in [0.4, 0.5) is 0 Å². The van der Waals surface area contributed by atoms with Crippen molar-refractivity contribution in [2.45, 2.75) is 0 Å². The van der Waals surface area contributed by atoms with Crippen molar-refractivity contribution in [3.05, 3.63) is 103 Å². The topological polar surface area (TPSA) is 9.23 Å². The van der Waals surface area contributed by atoms with Crippen molar-refractivity contribution in [2.24, 2.45) is 0 Å². The number of hydrogen-bond donors (Lipinski definition) is 0. The molecule has 0 radical (unpaired) electrons.